The van der Waals surface area contributed by atoms with Crippen LogP contribution in [-0.2, 0) is 20.8 Å². The summed E-state index contributed by atoms with van der Waals surface area (Å²) in [5.74, 6) is -0.166. The minimum Gasteiger partial charge on any atom is -0.376 e. The number of ether oxygens (including phenoxy) is 2. The second-order valence-electron chi connectivity index (χ2n) is 7.20. The third kappa shape index (κ3) is 3.33. The van der Waals surface area contributed by atoms with E-state index in [1.54, 1.807) is 6.07 Å². The number of benzene rings is 1. The Hall–Kier alpha value is -1.46. The highest BCUT2D eigenvalue weighted by atomic mass is 19.1. The molecule has 5 heteroatoms. The van der Waals surface area contributed by atoms with Crippen LogP contribution in [0.3, 0.4) is 0 Å². The molecule has 130 valence electrons. The zero-order valence-electron chi connectivity index (χ0n) is 13.8. The quantitative estimate of drug-likeness (QED) is 0.832. The second-order valence-corrected chi connectivity index (χ2v) is 7.20. The number of amides is 1. The number of hydrogen-bond acceptors (Lipinski definition) is 3. The van der Waals surface area contributed by atoms with Gasteiger partial charge in [0.1, 0.15) is 5.82 Å². The average Bonchev–Trinajstić information content (AvgIpc) is 3.31. The number of nitrogens with zero attached hydrogens (tertiary/aromatic N) is 1. The minimum atomic E-state index is -0.264. The number of rotatable bonds is 5. The van der Waals surface area contributed by atoms with E-state index in [1.807, 2.05) is 11.0 Å². The monoisotopic (exact) mass is 333 g/mol. The van der Waals surface area contributed by atoms with E-state index < -0.39 is 0 Å². The molecule has 24 heavy (non-hydrogen) atoms. The Labute approximate surface area is 141 Å². The first-order valence-corrected chi connectivity index (χ1v) is 8.99. The van der Waals surface area contributed by atoms with Gasteiger partial charge < -0.3 is 14.4 Å². The summed E-state index contributed by atoms with van der Waals surface area (Å²) in [6.45, 7) is 1.79. The smallest absolute Gasteiger partial charge is 0.228 e. The van der Waals surface area contributed by atoms with Gasteiger partial charge >= 0.3 is 0 Å². The van der Waals surface area contributed by atoms with Crippen molar-refractivity contribution >= 4 is 5.91 Å². The topological polar surface area (TPSA) is 38.8 Å². The van der Waals surface area contributed by atoms with Crippen LogP contribution in [0, 0.1) is 11.7 Å². The van der Waals surface area contributed by atoms with Crippen LogP contribution in [0.2, 0.25) is 0 Å². The van der Waals surface area contributed by atoms with Gasteiger partial charge in [-0.15, -0.1) is 0 Å². The maximum absolute atomic E-state index is 13.5. The van der Waals surface area contributed by atoms with Gasteiger partial charge in [0.2, 0.25) is 5.91 Å². The average molecular weight is 333 g/mol. The molecule has 4 nitrogen and oxygen atoms in total. The van der Waals surface area contributed by atoms with Crippen molar-refractivity contribution in [1.29, 1.82) is 0 Å². The molecule has 1 amide bonds. The summed E-state index contributed by atoms with van der Waals surface area (Å²) in [4.78, 5) is 15.0. The van der Waals surface area contributed by atoms with E-state index in [2.05, 4.69) is 0 Å². The van der Waals surface area contributed by atoms with Crippen LogP contribution in [-0.4, -0.2) is 42.3 Å². The summed E-state index contributed by atoms with van der Waals surface area (Å²) >= 11 is 0. The summed E-state index contributed by atoms with van der Waals surface area (Å²) in [6, 6.07) is 6.50. The van der Waals surface area contributed by atoms with E-state index in [0.717, 1.165) is 44.3 Å². The molecule has 3 fully saturated rings. The van der Waals surface area contributed by atoms with Crippen molar-refractivity contribution in [2.24, 2.45) is 5.92 Å². The van der Waals surface area contributed by atoms with Gasteiger partial charge in [0.15, 0.2) is 0 Å². The summed E-state index contributed by atoms with van der Waals surface area (Å²) in [5.41, 5.74) is 0.824. The molecule has 0 aliphatic carbocycles. The number of hydrogen-bond donors (Lipinski definition) is 0. The summed E-state index contributed by atoms with van der Waals surface area (Å²) < 4.78 is 25.1. The molecule has 0 radical (unpaired) electrons. The fourth-order valence-corrected chi connectivity index (χ4v) is 4.25. The zero-order valence-corrected chi connectivity index (χ0v) is 13.8. The lowest BCUT2D eigenvalue weighted by molar-refractivity contribution is -0.139. The summed E-state index contributed by atoms with van der Waals surface area (Å²) in [6.07, 6.45) is 5.34. The molecule has 0 saturated carbocycles. The van der Waals surface area contributed by atoms with Gasteiger partial charge in [0.25, 0.3) is 0 Å². The Bertz CT molecular complexity index is 602. The molecule has 0 spiro atoms. The maximum Gasteiger partial charge on any atom is 0.228 e. The fourth-order valence-electron chi connectivity index (χ4n) is 4.25. The number of carbonyl (C=O) groups is 1. The third-order valence-electron chi connectivity index (χ3n) is 5.45. The van der Waals surface area contributed by atoms with Gasteiger partial charge in [-0.3, -0.25) is 4.79 Å². The van der Waals surface area contributed by atoms with Crippen LogP contribution in [0.4, 0.5) is 4.39 Å². The molecule has 3 aliphatic heterocycles. The van der Waals surface area contributed by atoms with E-state index in [-0.39, 0.29) is 36.0 Å². The van der Waals surface area contributed by atoms with E-state index in [9.17, 15) is 9.18 Å². The van der Waals surface area contributed by atoms with Gasteiger partial charge in [-0.25, -0.2) is 4.39 Å². The molecule has 4 rings (SSSR count). The van der Waals surface area contributed by atoms with Gasteiger partial charge in [-0.05, 0) is 49.8 Å². The lowest BCUT2D eigenvalue weighted by Crippen LogP contribution is -2.43. The lowest BCUT2D eigenvalue weighted by Gasteiger charge is -2.30. The van der Waals surface area contributed by atoms with Crippen molar-refractivity contribution in [2.45, 2.75) is 57.0 Å². The Morgan fingerprint density at radius 1 is 1.29 bits per heavy atom. The second kappa shape index (κ2) is 6.81. The molecular formula is C19H24FNO3. The molecule has 3 heterocycles. The molecule has 0 aromatic heterocycles. The Morgan fingerprint density at radius 3 is 2.88 bits per heavy atom. The fraction of sp³-hybridized carbons (Fsp3) is 0.632. The Morgan fingerprint density at radius 2 is 2.21 bits per heavy atom. The maximum atomic E-state index is 13.5. The van der Waals surface area contributed by atoms with Gasteiger partial charge in [-0.2, -0.15) is 0 Å². The van der Waals surface area contributed by atoms with Crippen molar-refractivity contribution < 1.29 is 18.7 Å². The molecule has 0 N–H and O–H groups in total. The highest BCUT2D eigenvalue weighted by molar-refractivity contribution is 5.80. The van der Waals surface area contributed by atoms with Crippen LogP contribution in [0.15, 0.2) is 24.3 Å². The summed E-state index contributed by atoms with van der Waals surface area (Å²) in [7, 11) is 0. The zero-order chi connectivity index (χ0) is 16.5. The van der Waals surface area contributed by atoms with E-state index >= 15 is 0 Å². The molecule has 2 bridgehead atoms. The molecular weight excluding hydrogens is 309 g/mol. The van der Waals surface area contributed by atoms with Gasteiger partial charge in [-0.1, -0.05) is 12.1 Å². The first-order valence-electron chi connectivity index (χ1n) is 8.99. The van der Waals surface area contributed by atoms with Crippen molar-refractivity contribution in [3.05, 3.63) is 35.6 Å². The number of fused-ring (bicyclic) bond motifs is 2. The summed E-state index contributed by atoms with van der Waals surface area (Å²) in [5, 5.41) is 0. The Balaban J connectivity index is 1.49. The van der Waals surface area contributed by atoms with Crippen molar-refractivity contribution in [3.8, 4) is 0 Å². The highest BCUT2D eigenvalue weighted by Crippen LogP contribution is 2.40. The van der Waals surface area contributed by atoms with Gasteiger partial charge in [0, 0.05) is 19.7 Å². The van der Waals surface area contributed by atoms with E-state index in [4.69, 9.17) is 9.47 Å². The predicted molar refractivity (Wildman–Crippen MR) is 86.8 cm³/mol. The minimum absolute atomic E-state index is 0.0429. The molecule has 3 saturated heterocycles. The first kappa shape index (κ1) is 16.0. The third-order valence-corrected chi connectivity index (χ3v) is 5.45. The van der Waals surface area contributed by atoms with Crippen molar-refractivity contribution in [2.75, 3.05) is 13.2 Å². The van der Waals surface area contributed by atoms with Crippen LogP contribution >= 0.6 is 0 Å². The molecule has 0 unspecified atom stereocenters. The standard InChI is InChI=1S/C19H24FNO3/c20-14-4-1-3-13(9-14)11-21(12-16-5-2-8-23-16)19(22)17-10-15-6-7-18(17)24-15/h1,3-4,9,15-18H,2,5-8,10-12H2/t15-,16+,17+,18-/m1/s1. The predicted octanol–water partition coefficient (Wildman–Crippen LogP) is 2.90. The normalized spacial score (nSPS) is 31.5. The van der Waals surface area contributed by atoms with E-state index in [0.29, 0.717) is 13.1 Å². The van der Waals surface area contributed by atoms with Crippen LogP contribution in [0.5, 0.6) is 0 Å². The van der Waals surface area contributed by atoms with Crippen LogP contribution in [0.1, 0.15) is 37.7 Å². The Kier molecular flexibility index (Phi) is 4.55. The molecule has 1 aromatic rings. The van der Waals surface area contributed by atoms with Gasteiger partial charge in [0.05, 0.1) is 24.2 Å². The van der Waals surface area contributed by atoms with E-state index in [1.165, 1.54) is 12.1 Å². The lowest BCUT2D eigenvalue weighted by atomic mass is 9.88. The highest BCUT2D eigenvalue weighted by Gasteiger charge is 2.46. The molecule has 3 aliphatic rings. The van der Waals surface area contributed by atoms with Crippen molar-refractivity contribution in [3.63, 3.8) is 0 Å². The number of carbonyl (C=O) groups excluding carboxylic acids is 1. The molecule has 4 atom stereocenters. The largest absolute Gasteiger partial charge is 0.376 e. The first-order chi connectivity index (χ1) is 11.7. The van der Waals surface area contributed by atoms with Crippen LogP contribution < -0.4 is 0 Å². The SMILES string of the molecule is O=C([C@H]1C[C@H]2CC[C@H]1O2)N(Cc1cccc(F)c1)C[C@@H]1CCCO1. The van der Waals surface area contributed by atoms with Crippen LogP contribution in [0.25, 0.3) is 0 Å². The van der Waals surface area contributed by atoms with Crippen molar-refractivity contribution in [1.82, 2.24) is 4.90 Å². The number of halogens is 1. The molecule has 1 aromatic carbocycles.